The van der Waals surface area contributed by atoms with Crippen molar-refractivity contribution in [3.05, 3.63) is 35.9 Å². The van der Waals surface area contributed by atoms with Gasteiger partial charge < -0.3 is 10.1 Å². The van der Waals surface area contributed by atoms with Crippen LogP contribution in [0.1, 0.15) is 25.8 Å². The Hall–Kier alpha value is -1.39. The maximum Gasteiger partial charge on any atom is 0.309 e. The summed E-state index contributed by atoms with van der Waals surface area (Å²) in [7, 11) is 1.46. The van der Waals surface area contributed by atoms with Gasteiger partial charge in [-0.2, -0.15) is 0 Å². The van der Waals surface area contributed by atoms with E-state index in [4.69, 9.17) is 4.74 Å². The summed E-state index contributed by atoms with van der Waals surface area (Å²) >= 11 is 0. The van der Waals surface area contributed by atoms with Crippen molar-refractivity contribution >= 4 is 5.97 Å². The van der Waals surface area contributed by atoms with Crippen LogP contribution in [-0.2, 0) is 16.1 Å². The Labute approximate surface area is 133 Å². The van der Waals surface area contributed by atoms with Gasteiger partial charge in [0.25, 0.3) is 0 Å². The molecule has 0 aliphatic carbocycles. The molecule has 2 atom stereocenters. The summed E-state index contributed by atoms with van der Waals surface area (Å²) in [5.41, 5.74) is 1.57. The van der Waals surface area contributed by atoms with Gasteiger partial charge in [0, 0.05) is 26.2 Å². The summed E-state index contributed by atoms with van der Waals surface area (Å²) in [6.07, 6.45) is 1.19. The third kappa shape index (κ3) is 4.82. The number of carbonyl (C=O) groups excluding carboxylic acids is 1. The first-order valence-corrected chi connectivity index (χ1v) is 8.07. The molecule has 2 unspecified atom stereocenters. The molecule has 1 N–H and O–H groups in total. The molecule has 22 heavy (non-hydrogen) atoms. The minimum atomic E-state index is -0.132. The Balaban J connectivity index is 2.04. The van der Waals surface area contributed by atoms with Crippen LogP contribution in [0.25, 0.3) is 0 Å². The third-order valence-electron chi connectivity index (χ3n) is 4.45. The fraction of sp³-hybridized carbons (Fsp3) is 0.611. The van der Waals surface area contributed by atoms with Crippen molar-refractivity contribution in [3.8, 4) is 0 Å². The third-order valence-corrected chi connectivity index (χ3v) is 4.45. The number of nitrogens with one attached hydrogen (secondary N) is 1. The predicted molar refractivity (Wildman–Crippen MR) is 88.5 cm³/mol. The van der Waals surface area contributed by atoms with Gasteiger partial charge in [0.05, 0.1) is 13.0 Å². The van der Waals surface area contributed by atoms with E-state index in [-0.39, 0.29) is 17.3 Å². The maximum absolute atomic E-state index is 11.8. The Bertz CT molecular complexity index is 469. The molecule has 1 aromatic carbocycles. The van der Waals surface area contributed by atoms with Crippen LogP contribution in [0.2, 0.25) is 0 Å². The maximum atomic E-state index is 11.8. The zero-order valence-electron chi connectivity index (χ0n) is 14.0. The monoisotopic (exact) mass is 304 g/mol. The van der Waals surface area contributed by atoms with Crippen LogP contribution in [0.5, 0.6) is 0 Å². The number of carbonyl (C=O) groups is 1. The second-order valence-electron chi connectivity index (χ2n) is 6.82. The molecule has 2 rings (SSSR count). The Kier molecular flexibility index (Phi) is 5.98. The molecule has 0 saturated carbocycles. The number of nitrogens with zero attached hydrogens (tertiary/aromatic N) is 1. The second kappa shape index (κ2) is 7.75. The lowest BCUT2D eigenvalue weighted by Gasteiger charge is -2.33. The van der Waals surface area contributed by atoms with Crippen LogP contribution in [0.3, 0.4) is 0 Å². The highest BCUT2D eigenvalue weighted by molar-refractivity contribution is 5.72. The number of esters is 1. The minimum absolute atomic E-state index is 0.105. The molecule has 0 aromatic heterocycles. The predicted octanol–water partition coefficient (Wildman–Crippen LogP) is 2.30. The normalized spacial score (nSPS) is 22.7. The smallest absolute Gasteiger partial charge is 0.309 e. The highest BCUT2D eigenvalue weighted by Crippen LogP contribution is 2.27. The van der Waals surface area contributed by atoms with Crippen molar-refractivity contribution in [1.29, 1.82) is 0 Å². The molecule has 0 bridgehead atoms. The van der Waals surface area contributed by atoms with E-state index in [0.717, 1.165) is 32.7 Å². The standard InChI is InChI=1S/C18H28N2O2/c1-15(17(21)22-3)11-20(12-16-7-5-4-6-8-16)14-18(2)9-10-19-13-18/h4-8,15,19H,9-14H2,1-3H3. The van der Waals surface area contributed by atoms with E-state index < -0.39 is 0 Å². The van der Waals surface area contributed by atoms with E-state index in [2.05, 4.69) is 41.4 Å². The Morgan fingerprint density at radius 3 is 2.73 bits per heavy atom. The summed E-state index contributed by atoms with van der Waals surface area (Å²) in [6, 6.07) is 10.5. The lowest BCUT2D eigenvalue weighted by Crippen LogP contribution is -2.40. The van der Waals surface area contributed by atoms with Crippen molar-refractivity contribution < 1.29 is 9.53 Å². The van der Waals surface area contributed by atoms with Crippen LogP contribution in [0.15, 0.2) is 30.3 Å². The highest BCUT2D eigenvalue weighted by Gasteiger charge is 2.31. The SMILES string of the molecule is COC(=O)C(C)CN(Cc1ccccc1)CC1(C)CCNC1. The molecule has 1 aliphatic rings. The topological polar surface area (TPSA) is 41.6 Å². The fourth-order valence-corrected chi connectivity index (χ4v) is 3.23. The number of methoxy groups -OCH3 is 1. The van der Waals surface area contributed by atoms with Crippen molar-refractivity contribution in [2.75, 3.05) is 33.3 Å². The summed E-state index contributed by atoms with van der Waals surface area (Å²) in [6.45, 7) is 9.01. The van der Waals surface area contributed by atoms with Crippen molar-refractivity contribution in [3.63, 3.8) is 0 Å². The molecular formula is C18H28N2O2. The average Bonchev–Trinajstić information content (AvgIpc) is 2.93. The first-order valence-electron chi connectivity index (χ1n) is 8.07. The highest BCUT2D eigenvalue weighted by atomic mass is 16.5. The van der Waals surface area contributed by atoms with E-state index >= 15 is 0 Å². The van der Waals surface area contributed by atoms with E-state index in [9.17, 15) is 4.79 Å². The summed E-state index contributed by atoms with van der Waals surface area (Å²) in [5.74, 6) is -0.237. The lowest BCUT2D eigenvalue weighted by atomic mass is 9.88. The van der Waals surface area contributed by atoms with E-state index in [1.54, 1.807) is 0 Å². The number of benzene rings is 1. The summed E-state index contributed by atoms with van der Waals surface area (Å²) < 4.78 is 4.88. The van der Waals surface area contributed by atoms with Crippen LogP contribution >= 0.6 is 0 Å². The molecule has 1 aliphatic heterocycles. The van der Waals surface area contributed by atoms with Crippen molar-refractivity contribution in [1.82, 2.24) is 10.2 Å². The first kappa shape index (κ1) is 17.0. The van der Waals surface area contributed by atoms with Crippen molar-refractivity contribution in [2.45, 2.75) is 26.8 Å². The fourth-order valence-electron chi connectivity index (χ4n) is 3.23. The van der Waals surface area contributed by atoms with Crippen LogP contribution in [-0.4, -0.2) is 44.2 Å². The van der Waals surface area contributed by atoms with Crippen LogP contribution < -0.4 is 5.32 Å². The first-order chi connectivity index (χ1) is 10.5. The molecule has 4 nitrogen and oxygen atoms in total. The van der Waals surface area contributed by atoms with Gasteiger partial charge in [-0.15, -0.1) is 0 Å². The number of ether oxygens (including phenoxy) is 1. The summed E-state index contributed by atoms with van der Waals surface area (Å²) in [4.78, 5) is 14.1. The van der Waals surface area contributed by atoms with Gasteiger partial charge in [-0.25, -0.2) is 0 Å². The minimum Gasteiger partial charge on any atom is -0.469 e. The van der Waals surface area contributed by atoms with Gasteiger partial charge in [0.15, 0.2) is 0 Å². The molecule has 1 aromatic rings. The van der Waals surface area contributed by atoms with E-state index in [1.165, 1.54) is 19.1 Å². The molecular weight excluding hydrogens is 276 g/mol. The number of hydrogen-bond acceptors (Lipinski definition) is 4. The van der Waals surface area contributed by atoms with E-state index in [1.807, 2.05) is 13.0 Å². The van der Waals surface area contributed by atoms with Gasteiger partial charge in [-0.05, 0) is 23.9 Å². The van der Waals surface area contributed by atoms with Gasteiger partial charge >= 0.3 is 5.97 Å². The summed E-state index contributed by atoms with van der Waals surface area (Å²) in [5, 5.41) is 3.45. The number of hydrogen-bond donors (Lipinski definition) is 1. The Morgan fingerprint density at radius 1 is 1.41 bits per heavy atom. The second-order valence-corrected chi connectivity index (χ2v) is 6.82. The Morgan fingerprint density at radius 2 is 2.14 bits per heavy atom. The zero-order valence-corrected chi connectivity index (χ0v) is 14.0. The molecule has 4 heteroatoms. The average molecular weight is 304 g/mol. The molecule has 1 heterocycles. The largest absolute Gasteiger partial charge is 0.469 e. The molecule has 0 spiro atoms. The van der Waals surface area contributed by atoms with Crippen LogP contribution in [0.4, 0.5) is 0 Å². The van der Waals surface area contributed by atoms with Crippen LogP contribution in [0, 0.1) is 11.3 Å². The quantitative estimate of drug-likeness (QED) is 0.785. The van der Waals surface area contributed by atoms with Gasteiger partial charge in [0.1, 0.15) is 0 Å². The molecule has 122 valence electrons. The van der Waals surface area contributed by atoms with E-state index in [0.29, 0.717) is 0 Å². The molecule has 1 saturated heterocycles. The zero-order chi connectivity index (χ0) is 16.0. The molecule has 1 fully saturated rings. The lowest BCUT2D eigenvalue weighted by molar-refractivity contribution is -0.145. The van der Waals surface area contributed by atoms with Gasteiger partial charge in [-0.3, -0.25) is 9.69 Å². The number of rotatable bonds is 7. The van der Waals surface area contributed by atoms with Crippen molar-refractivity contribution in [2.24, 2.45) is 11.3 Å². The van der Waals surface area contributed by atoms with Gasteiger partial charge in [0.2, 0.25) is 0 Å². The van der Waals surface area contributed by atoms with Gasteiger partial charge in [-0.1, -0.05) is 44.2 Å². The molecule has 0 amide bonds. The molecule has 0 radical (unpaired) electrons.